The van der Waals surface area contributed by atoms with Gasteiger partial charge < -0.3 is 4.42 Å². The molecule has 1 aliphatic rings. The Labute approximate surface area is 168 Å². The number of carbonyl (C=O) groups excluding carboxylic acids is 2. The number of unbranched alkanes of at least 4 members (excludes halogenated alkanes) is 1. The molecular formula is C19H15ClF3NO3S. The number of alkyl halides is 3. The van der Waals surface area contributed by atoms with E-state index in [1.807, 2.05) is 6.92 Å². The van der Waals surface area contributed by atoms with E-state index < -0.39 is 22.7 Å². The second-order valence-electron chi connectivity index (χ2n) is 6.08. The molecule has 0 bridgehead atoms. The molecule has 2 aromatic rings. The molecule has 0 radical (unpaired) electrons. The van der Waals surface area contributed by atoms with Gasteiger partial charge >= 0.3 is 6.18 Å². The third-order valence-corrected chi connectivity index (χ3v) is 5.30. The molecule has 0 N–H and O–H groups in total. The minimum atomic E-state index is -4.58. The van der Waals surface area contributed by atoms with E-state index in [0.29, 0.717) is 13.0 Å². The van der Waals surface area contributed by atoms with Crippen molar-refractivity contribution >= 4 is 40.6 Å². The summed E-state index contributed by atoms with van der Waals surface area (Å²) in [7, 11) is 0. The maximum Gasteiger partial charge on any atom is 0.417 e. The van der Waals surface area contributed by atoms with E-state index in [4.69, 9.17) is 16.0 Å². The SMILES string of the molecule is CCCCN1C(=O)S/C(=C\c2ccc(-c3ccc(Cl)c(C(F)(F)F)c3)o2)C1=O. The van der Waals surface area contributed by atoms with E-state index in [1.165, 1.54) is 29.2 Å². The first kappa shape index (κ1) is 20.5. The summed E-state index contributed by atoms with van der Waals surface area (Å²) in [6.07, 6.45) is -1.60. The van der Waals surface area contributed by atoms with Crippen molar-refractivity contribution in [2.24, 2.45) is 0 Å². The number of nitrogens with zero attached hydrogens (tertiary/aromatic N) is 1. The van der Waals surface area contributed by atoms with Gasteiger partial charge in [-0.25, -0.2) is 0 Å². The molecule has 2 amide bonds. The lowest BCUT2D eigenvalue weighted by Crippen LogP contribution is -2.29. The highest BCUT2D eigenvalue weighted by atomic mass is 35.5. The first-order valence-electron chi connectivity index (χ1n) is 8.43. The van der Waals surface area contributed by atoms with Crippen LogP contribution in [0.25, 0.3) is 17.4 Å². The van der Waals surface area contributed by atoms with Crippen LogP contribution in [0.15, 0.2) is 39.7 Å². The van der Waals surface area contributed by atoms with Crippen LogP contribution in [0.3, 0.4) is 0 Å². The zero-order valence-electron chi connectivity index (χ0n) is 14.7. The van der Waals surface area contributed by atoms with E-state index in [1.54, 1.807) is 0 Å². The Balaban J connectivity index is 1.85. The molecular weight excluding hydrogens is 415 g/mol. The molecule has 9 heteroatoms. The van der Waals surface area contributed by atoms with Gasteiger partial charge in [-0.3, -0.25) is 14.5 Å². The Bertz CT molecular complexity index is 952. The number of halogens is 4. The number of hydrogen-bond donors (Lipinski definition) is 0. The molecule has 3 rings (SSSR count). The van der Waals surface area contributed by atoms with Crippen LogP contribution in [-0.2, 0) is 11.0 Å². The van der Waals surface area contributed by atoms with Gasteiger partial charge in [0.25, 0.3) is 11.1 Å². The second-order valence-corrected chi connectivity index (χ2v) is 7.48. The molecule has 1 saturated heterocycles. The summed E-state index contributed by atoms with van der Waals surface area (Å²) in [6, 6.07) is 6.50. The lowest BCUT2D eigenvalue weighted by Gasteiger charge is -2.10. The summed E-state index contributed by atoms with van der Waals surface area (Å²) < 4.78 is 44.6. The highest BCUT2D eigenvalue weighted by molar-refractivity contribution is 8.18. The van der Waals surface area contributed by atoms with Crippen LogP contribution in [0.4, 0.5) is 18.0 Å². The molecule has 1 aromatic carbocycles. The van der Waals surface area contributed by atoms with Gasteiger partial charge in [-0.05, 0) is 48.5 Å². The van der Waals surface area contributed by atoms with Crippen LogP contribution in [0.1, 0.15) is 31.1 Å². The lowest BCUT2D eigenvalue weighted by molar-refractivity contribution is -0.137. The first-order valence-corrected chi connectivity index (χ1v) is 9.62. The Hall–Kier alpha value is -2.19. The van der Waals surface area contributed by atoms with Crippen molar-refractivity contribution in [1.29, 1.82) is 0 Å². The molecule has 0 atom stereocenters. The average molecular weight is 430 g/mol. The predicted octanol–water partition coefficient (Wildman–Crippen LogP) is 6.46. The van der Waals surface area contributed by atoms with Crippen molar-refractivity contribution in [2.45, 2.75) is 25.9 Å². The highest BCUT2D eigenvalue weighted by Gasteiger charge is 2.35. The maximum atomic E-state index is 13.0. The van der Waals surface area contributed by atoms with E-state index in [2.05, 4.69) is 0 Å². The van der Waals surface area contributed by atoms with Crippen LogP contribution < -0.4 is 0 Å². The maximum absolute atomic E-state index is 13.0. The van der Waals surface area contributed by atoms with Gasteiger partial charge in [0.15, 0.2) is 0 Å². The van der Waals surface area contributed by atoms with Crippen LogP contribution in [0, 0.1) is 0 Å². The van der Waals surface area contributed by atoms with Gasteiger partial charge in [-0.15, -0.1) is 0 Å². The molecule has 2 heterocycles. The molecule has 1 aromatic heterocycles. The van der Waals surface area contributed by atoms with Gasteiger partial charge in [-0.1, -0.05) is 24.9 Å². The molecule has 0 spiro atoms. The quantitative estimate of drug-likeness (QED) is 0.512. The Morgan fingerprint density at radius 1 is 1.21 bits per heavy atom. The smallest absolute Gasteiger partial charge is 0.417 e. The van der Waals surface area contributed by atoms with E-state index in [-0.39, 0.29) is 27.2 Å². The predicted molar refractivity (Wildman–Crippen MR) is 102 cm³/mol. The summed E-state index contributed by atoms with van der Waals surface area (Å²) in [4.78, 5) is 25.7. The topological polar surface area (TPSA) is 50.5 Å². The summed E-state index contributed by atoms with van der Waals surface area (Å²) in [5.74, 6) is 0.0605. The van der Waals surface area contributed by atoms with E-state index in [0.717, 1.165) is 30.3 Å². The summed E-state index contributed by atoms with van der Waals surface area (Å²) >= 11 is 6.44. The van der Waals surface area contributed by atoms with Crippen molar-refractivity contribution in [3.63, 3.8) is 0 Å². The Kier molecular flexibility index (Phi) is 5.90. The summed E-state index contributed by atoms with van der Waals surface area (Å²) in [5.41, 5.74) is -0.755. The second kappa shape index (κ2) is 8.05. The number of benzene rings is 1. The minimum Gasteiger partial charge on any atom is -0.457 e. The molecule has 148 valence electrons. The van der Waals surface area contributed by atoms with Gasteiger partial charge in [0.1, 0.15) is 11.5 Å². The standard InChI is InChI=1S/C19H15ClF3NO3S/c1-2-3-8-24-17(25)16(28-18(24)26)10-12-5-7-15(27-12)11-4-6-14(20)13(9-11)19(21,22)23/h4-7,9-10H,2-3,8H2,1H3/b16-10-. The van der Waals surface area contributed by atoms with Gasteiger partial charge in [-0.2, -0.15) is 13.2 Å². The number of amides is 2. The number of rotatable bonds is 5. The molecule has 0 unspecified atom stereocenters. The van der Waals surface area contributed by atoms with Crippen LogP contribution in [-0.4, -0.2) is 22.6 Å². The van der Waals surface area contributed by atoms with Crippen molar-refractivity contribution in [3.8, 4) is 11.3 Å². The largest absolute Gasteiger partial charge is 0.457 e. The fourth-order valence-electron chi connectivity index (χ4n) is 2.62. The van der Waals surface area contributed by atoms with Gasteiger partial charge in [0.2, 0.25) is 0 Å². The summed E-state index contributed by atoms with van der Waals surface area (Å²) in [6.45, 7) is 2.31. The van der Waals surface area contributed by atoms with Gasteiger partial charge in [0, 0.05) is 18.2 Å². The van der Waals surface area contributed by atoms with Crippen molar-refractivity contribution in [3.05, 3.63) is 51.6 Å². The summed E-state index contributed by atoms with van der Waals surface area (Å²) in [5, 5.41) is -0.743. The first-order chi connectivity index (χ1) is 13.2. The van der Waals surface area contributed by atoms with Crippen molar-refractivity contribution < 1.29 is 27.2 Å². The fourth-order valence-corrected chi connectivity index (χ4v) is 3.69. The molecule has 1 fully saturated rings. The Morgan fingerprint density at radius 2 is 1.96 bits per heavy atom. The monoisotopic (exact) mass is 429 g/mol. The molecule has 4 nitrogen and oxygen atoms in total. The molecule has 0 aliphatic carbocycles. The fraction of sp³-hybridized carbons (Fsp3) is 0.263. The number of imide groups is 1. The van der Waals surface area contributed by atoms with Crippen LogP contribution >= 0.6 is 23.4 Å². The zero-order valence-corrected chi connectivity index (χ0v) is 16.2. The van der Waals surface area contributed by atoms with E-state index in [9.17, 15) is 22.8 Å². The average Bonchev–Trinajstić information content (AvgIpc) is 3.18. The number of furan rings is 1. The third-order valence-electron chi connectivity index (χ3n) is 4.07. The minimum absolute atomic E-state index is 0.193. The lowest BCUT2D eigenvalue weighted by atomic mass is 10.1. The Morgan fingerprint density at radius 3 is 2.64 bits per heavy atom. The molecule has 28 heavy (non-hydrogen) atoms. The zero-order chi connectivity index (χ0) is 20.5. The number of carbonyl (C=O) groups is 2. The van der Waals surface area contributed by atoms with Crippen molar-refractivity contribution in [2.75, 3.05) is 6.54 Å². The van der Waals surface area contributed by atoms with Crippen LogP contribution in [0.2, 0.25) is 5.02 Å². The van der Waals surface area contributed by atoms with Gasteiger partial charge in [0.05, 0.1) is 15.5 Å². The molecule has 1 aliphatic heterocycles. The third kappa shape index (κ3) is 4.28. The highest BCUT2D eigenvalue weighted by Crippen LogP contribution is 2.38. The van der Waals surface area contributed by atoms with Crippen LogP contribution in [0.5, 0.6) is 0 Å². The number of thioether (sulfide) groups is 1. The number of hydrogen-bond acceptors (Lipinski definition) is 4. The molecule has 0 saturated carbocycles. The van der Waals surface area contributed by atoms with Crippen molar-refractivity contribution in [1.82, 2.24) is 4.90 Å². The van der Waals surface area contributed by atoms with E-state index >= 15 is 0 Å². The normalized spacial score (nSPS) is 16.5.